The first-order chi connectivity index (χ1) is 13.1. The monoisotopic (exact) mass is 391 g/mol. The summed E-state index contributed by atoms with van der Waals surface area (Å²) in [5, 5.41) is 11.5. The lowest BCUT2D eigenvalue weighted by molar-refractivity contribution is 0.374. The second-order valence-electron chi connectivity index (χ2n) is 6.46. The maximum absolute atomic E-state index is 6.17. The summed E-state index contributed by atoms with van der Waals surface area (Å²) in [5.74, 6) is 2.38. The average molecular weight is 392 g/mol. The first kappa shape index (κ1) is 19.4. The molecule has 1 aromatic heterocycles. The molecule has 146 valence electrons. The fourth-order valence-corrected chi connectivity index (χ4v) is 3.34. The molecule has 0 saturated carbocycles. The van der Waals surface area contributed by atoms with Crippen molar-refractivity contribution in [3.63, 3.8) is 0 Å². The second-order valence-corrected chi connectivity index (χ2v) is 6.89. The van der Waals surface area contributed by atoms with E-state index in [1.165, 1.54) is 0 Å². The molecule has 0 aliphatic carbocycles. The molecule has 1 aromatic carbocycles. The molecule has 0 amide bonds. The van der Waals surface area contributed by atoms with Crippen LogP contribution in [0, 0.1) is 0 Å². The number of aliphatic imine (C=N–C) groups is 1. The molecule has 1 aliphatic heterocycles. The van der Waals surface area contributed by atoms with Crippen molar-refractivity contribution in [1.82, 2.24) is 15.8 Å². The predicted octanol–water partition coefficient (Wildman–Crippen LogP) is 2.84. The van der Waals surface area contributed by atoms with E-state index in [1.54, 1.807) is 14.2 Å². The largest absolute Gasteiger partial charge is 0.495 e. The Hall–Kier alpha value is -2.41. The maximum Gasteiger partial charge on any atom is 0.191 e. The van der Waals surface area contributed by atoms with Crippen molar-refractivity contribution in [2.75, 3.05) is 32.1 Å². The van der Waals surface area contributed by atoms with Gasteiger partial charge in [0.05, 0.1) is 25.0 Å². The van der Waals surface area contributed by atoms with E-state index in [2.05, 4.69) is 32.6 Å². The lowest BCUT2D eigenvalue weighted by Gasteiger charge is -2.22. The van der Waals surface area contributed by atoms with Crippen LogP contribution in [0.15, 0.2) is 33.8 Å². The van der Waals surface area contributed by atoms with Crippen molar-refractivity contribution >= 4 is 23.2 Å². The van der Waals surface area contributed by atoms with E-state index in [9.17, 15) is 0 Å². The Morgan fingerprint density at radius 3 is 3.00 bits per heavy atom. The van der Waals surface area contributed by atoms with E-state index in [-0.39, 0.29) is 6.04 Å². The molecule has 1 fully saturated rings. The zero-order chi connectivity index (χ0) is 19.2. The highest BCUT2D eigenvalue weighted by Crippen LogP contribution is 2.33. The smallest absolute Gasteiger partial charge is 0.191 e. The van der Waals surface area contributed by atoms with Gasteiger partial charge in [-0.2, -0.15) is 0 Å². The van der Waals surface area contributed by atoms with Gasteiger partial charge in [-0.15, -0.1) is 0 Å². The Morgan fingerprint density at radius 1 is 1.44 bits per heavy atom. The summed E-state index contributed by atoms with van der Waals surface area (Å²) in [6.07, 6.45) is 1.86. The van der Waals surface area contributed by atoms with Crippen LogP contribution in [0.4, 0.5) is 5.69 Å². The Bertz CT molecular complexity index is 792. The number of hydrogen-bond acceptors (Lipinski definition) is 5. The summed E-state index contributed by atoms with van der Waals surface area (Å²) in [6, 6.07) is 7.94. The third-order valence-corrected chi connectivity index (χ3v) is 4.87. The van der Waals surface area contributed by atoms with Gasteiger partial charge in [-0.05, 0) is 31.0 Å². The summed E-state index contributed by atoms with van der Waals surface area (Å²) in [5.41, 5.74) is 1.97. The van der Waals surface area contributed by atoms with Gasteiger partial charge in [-0.3, -0.25) is 4.99 Å². The molecule has 27 heavy (non-hydrogen) atoms. The van der Waals surface area contributed by atoms with Gasteiger partial charge in [-0.25, -0.2) is 0 Å². The molecule has 3 rings (SSSR count). The van der Waals surface area contributed by atoms with Crippen LogP contribution >= 0.6 is 11.6 Å². The summed E-state index contributed by atoms with van der Waals surface area (Å²) < 4.78 is 10.8. The van der Waals surface area contributed by atoms with Crippen LogP contribution in [0.1, 0.15) is 24.8 Å². The third-order valence-electron chi connectivity index (χ3n) is 4.63. The van der Waals surface area contributed by atoms with Crippen LogP contribution in [-0.2, 0) is 13.0 Å². The van der Waals surface area contributed by atoms with Gasteiger partial charge in [0.25, 0.3) is 0 Å². The minimum atomic E-state index is 0.279. The van der Waals surface area contributed by atoms with Crippen molar-refractivity contribution in [1.29, 1.82) is 0 Å². The fourth-order valence-electron chi connectivity index (χ4n) is 3.17. The van der Waals surface area contributed by atoms with Gasteiger partial charge >= 0.3 is 0 Å². The molecule has 8 heteroatoms. The summed E-state index contributed by atoms with van der Waals surface area (Å²) in [7, 11) is 3.44. The quantitative estimate of drug-likeness (QED) is 0.582. The van der Waals surface area contributed by atoms with Gasteiger partial charge < -0.3 is 24.8 Å². The highest BCUT2D eigenvalue weighted by Gasteiger charge is 2.25. The number of hydrogen-bond donors (Lipinski definition) is 2. The highest BCUT2D eigenvalue weighted by atomic mass is 35.5. The van der Waals surface area contributed by atoms with Crippen LogP contribution in [0.2, 0.25) is 5.02 Å². The normalized spacial score (nSPS) is 17.3. The van der Waals surface area contributed by atoms with Gasteiger partial charge in [0.2, 0.25) is 0 Å². The number of ether oxygens (including phenoxy) is 1. The van der Waals surface area contributed by atoms with Crippen molar-refractivity contribution in [2.24, 2.45) is 4.99 Å². The van der Waals surface area contributed by atoms with Crippen LogP contribution in [0.25, 0.3) is 0 Å². The Morgan fingerprint density at radius 2 is 2.30 bits per heavy atom. The summed E-state index contributed by atoms with van der Waals surface area (Å²) in [6.45, 7) is 4.37. The number of benzene rings is 1. The predicted molar refractivity (Wildman–Crippen MR) is 108 cm³/mol. The number of halogens is 1. The number of nitrogens with zero attached hydrogens (tertiary/aromatic N) is 3. The number of aryl methyl sites for hydroxylation is 1. The van der Waals surface area contributed by atoms with E-state index < -0.39 is 0 Å². The second kappa shape index (κ2) is 8.99. The van der Waals surface area contributed by atoms with Gasteiger partial charge in [0.1, 0.15) is 5.75 Å². The van der Waals surface area contributed by atoms with Crippen LogP contribution in [0.5, 0.6) is 5.75 Å². The molecule has 1 atom stereocenters. The number of anilines is 1. The lowest BCUT2D eigenvalue weighted by atomic mass is 10.2. The fraction of sp³-hybridized carbons (Fsp3) is 0.474. The minimum Gasteiger partial charge on any atom is -0.495 e. The van der Waals surface area contributed by atoms with Crippen molar-refractivity contribution in [3.05, 3.63) is 40.7 Å². The van der Waals surface area contributed by atoms with Gasteiger partial charge in [-0.1, -0.05) is 23.7 Å². The number of aromatic nitrogens is 1. The number of guanidine groups is 1. The standard InChI is InChI=1S/C19H26ClN5O2/c1-4-14-10-16(27-24-14)11-22-19(21-2)23-15-7-8-25(12-15)17-9-13(20)5-6-18(17)26-3/h5-6,9-10,15H,4,7-8,11-12H2,1-3H3,(H2,21,22,23). The Labute approximate surface area is 164 Å². The van der Waals surface area contributed by atoms with E-state index in [0.717, 1.165) is 54.8 Å². The molecule has 1 saturated heterocycles. The van der Waals surface area contributed by atoms with Crippen molar-refractivity contribution in [2.45, 2.75) is 32.4 Å². The Kier molecular flexibility index (Phi) is 6.45. The zero-order valence-electron chi connectivity index (χ0n) is 16.0. The van der Waals surface area contributed by atoms with E-state index in [0.29, 0.717) is 11.6 Å². The number of nitrogens with one attached hydrogen (secondary N) is 2. The topological polar surface area (TPSA) is 74.9 Å². The average Bonchev–Trinajstić information content (AvgIpc) is 3.34. The summed E-state index contributed by atoms with van der Waals surface area (Å²) in [4.78, 5) is 6.58. The van der Waals surface area contributed by atoms with E-state index in [1.807, 2.05) is 24.3 Å². The lowest BCUT2D eigenvalue weighted by Crippen LogP contribution is -2.44. The molecular weight excluding hydrogens is 366 g/mol. The zero-order valence-corrected chi connectivity index (χ0v) is 16.7. The summed E-state index contributed by atoms with van der Waals surface area (Å²) >= 11 is 6.17. The molecule has 1 unspecified atom stereocenters. The maximum atomic E-state index is 6.17. The molecule has 2 heterocycles. The first-order valence-electron chi connectivity index (χ1n) is 9.13. The van der Waals surface area contributed by atoms with Crippen LogP contribution in [0.3, 0.4) is 0 Å². The Balaban J connectivity index is 1.56. The number of rotatable bonds is 6. The van der Waals surface area contributed by atoms with Crippen LogP contribution in [-0.4, -0.2) is 44.4 Å². The van der Waals surface area contributed by atoms with Crippen molar-refractivity contribution in [3.8, 4) is 5.75 Å². The van der Waals surface area contributed by atoms with E-state index in [4.69, 9.17) is 20.9 Å². The van der Waals surface area contributed by atoms with Gasteiger partial charge in [0.15, 0.2) is 11.7 Å². The molecule has 0 radical (unpaired) electrons. The van der Waals surface area contributed by atoms with E-state index >= 15 is 0 Å². The molecular formula is C19H26ClN5O2. The minimum absolute atomic E-state index is 0.279. The van der Waals surface area contributed by atoms with Crippen molar-refractivity contribution < 1.29 is 9.26 Å². The first-order valence-corrected chi connectivity index (χ1v) is 9.50. The third kappa shape index (κ3) is 4.86. The number of methoxy groups -OCH3 is 1. The molecule has 2 aromatic rings. The SMILES string of the molecule is CCc1cc(CNC(=NC)NC2CCN(c3cc(Cl)ccc3OC)C2)on1. The highest BCUT2D eigenvalue weighted by molar-refractivity contribution is 6.30. The van der Waals surface area contributed by atoms with Gasteiger partial charge in [0, 0.05) is 37.3 Å². The van der Waals surface area contributed by atoms with Crippen LogP contribution < -0.4 is 20.3 Å². The molecule has 2 N–H and O–H groups in total. The molecule has 1 aliphatic rings. The molecule has 0 bridgehead atoms. The molecule has 7 nitrogen and oxygen atoms in total. The molecule has 0 spiro atoms.